The minimum Gasteiger partial charge on any atom is -0.338 e. The number of nitrogens with zero attached hydrogens (tertiary/aromatic N) is 3. The van der Waals surface area contributed by atoms with E-state index in [9.17, 15) is 9.59 Å². The molecular weight excluding hydrogens is 254 g/mol. The van der Waals surface area contributed by atoms with Crippen molar-refractivity contribution in [2.45, 2.75) is 53.1 Å². The van der Waals surface area contributed by atoms with E-state index >= 15 is 0 Å². The van der Waals surface area contributed by atoms with Gasteiger partial charge in [-0.1, -0.05) is 20.8 Å². The molecule has 0 aliphatic rings. The second-order valence-corrected chi connectivity index (χ2v) is 5.67. The summed E-state index contributed by atoms with van der Waals surface area (Å²) in [5.41, 5.74) is 0.164. The van der Waals surface area contributed by atoms with Crippen LogP contribution in [0.25, 0.3) is 0 Å². The Balaban J connectivity index is 2.91. The Morgan fingerprint density at radius 1 is 1.35 bits per heavy atom. The lowest BCUT2D eigenvalue weighted by Gasteiger charge is -2.26. The first-order valence-electron chi connectivity index (χ1n) is 7.22. The van der Waals surface area contributed by atoms with Gasteiger partial charge in [0.15, 0.2) is 0 Å². The highest BCUT2D eigenvalue weighted by molar-refractivity contribution is 5.92. The van der Waals surface area contributed by atoms with E-state index in [2.05, 4.69) is 18.9 Å². The minimum atomic E-state index is -0.165. The number of amides is 1. The van der Waals surface area contributed by atoms with E-state index < -0.39 is 0 Å². The van der Waals surface area contributed by atoms with Crippen molar-refractivity contribution >= 4 is 5.91 Å². The number of hydrogen-bond acceptors (Lipinski definition) is 3. The summed E-state index contributed by atoms with van der Waals surface area (Å²) >= 11 is 0. The molecule has 1 aromatic rings. The highest BCUT2D eigenvalue weighted by Gasteiger charge is 2.20. The molecule has 0 bridgehead atoms. The summed E-state index contributed by atoms with van der Waals surface area (Å²) in [5.74, 6) is 0.394. The largest absolute Gasteiger partial charge is 0.338 e. The van der Waals surface area contributed by atoms with E-state index in [0.717, 1.165) is 12.8 Å². The molecule has 1 atom stereocenters. The molecule has 0 unspecified atom stereocenters. The van der Waals surface area contributed by atoms with Crippen molar-refractivity contribution < 1.29 is 4.79 Å². The number of hydrogen-bond donors (Lipinski definition) is 0. The maximum Gasteiger partial charge on any atom is 0.274 e. The summed E-state index contributed by atoms with van der Waals surface area (Å²) in [6.45, 7) is 8.80. The molecule has 1 heterocycles. The smallest absolute Gasteiger partial charge is 0.274 e. The summed E-state index contributed by atoms with van der Waals surface area (Å²) in [7, 11) is 1.78. The van der Waals surface area contributed by atoms with Gasteiger partial charge >= 0.3 is 0 Å². The Bertz CT molecular complexity index is 508. The molecule has 0 radical (unpaired) electrons. The number of carbonyl (C=O) groups excluding carboxylic acids is 1. The molecule has 112 valence electrons. The molecule has 1 amide bonds. The molecular formula is C15H25N3O2. The van der Waals surface area contributed by atoms with Crippen molar-refractivity contribution in [2.24, 2.45) is 5.92 Å². The fraction of sp³-hybridized carbons (Fsp3) is 0.667. The average molecular weight is 279 g/mol. The van der Waals surface area contributed by atoms with Crippen molar-refractivity contribution in [1.29, 1.82) is 0 Å². The molecule has 20 heavy (non-hydrogen) atoms. The number of aryl methyl sites for hydroxylation is 1. The first kappa shape index (κ1) is 16.4. The van der Waals surface area contributed by atoms with Gasteiger partial charge in [0.05, 0.1) is 0 Å². The van der Waals surface area contributed by atoms with Crippen molar-refractivity contribution in [3.63, 3.8) is 0 Å². The van der Waals surface area contributed by atoms with Gasteiger partial charge in [0, 0.05) is 25.7 Å². The van der Waals surface area contributed by atoms with Gasteiger partial charge in [-0.3, -0.25) is 9.59 Å². The number of carbonyl (C=O) groups is 1. The quantitative estimate of drug-likeness (QED) is 0.802. The van der Waals surface area contributed by atoms with Gasteiger partial charge < -0.3 is 4.90 Å². The van der Waals surface area contributed by atoms with Crippen LogP contribution < -0.4 is 5.56 Å². The lowest BCUT2D eigenvalue weighted by molar-refractivity contribution is 0.0719. The van der Waals surface area contributed by atoms with E-state index in [1.165, 1.54) is 16.8 Å². The Labute approximate surface area is 120 Å². The Hall–Kier alpha value is -1.65. The van der Waals surface area contributed by atoms with E-state index in [1.54, 1.807) is 11.9 Å². The summed E-state index contributed by atoms with van der Waals surface area (Å²) in [5, 5.41) is 4.16. The topological polar surface area (TPSA) is 55.2 Å². The van der Waals surface area contributed by atoms with Crippen molar-refractivity contribution in [3.05, 3.63) is 28.2 Å². The normalized spacial score (nSPS) is 12.5. The number of rotatable bonds is 6. The van der Waals surface area contributed by atoms with Crippen LogP contribution in [0.15, 0.2) is 16.9 Å². The first-order chi connectivity index (χ1) is 9.36. The van der Waals surface area contributed by atoms with Gasteiger partial charge in [0.1, 0.15) is 5.69 Å². The van der Waals surface area contributed by atoms with Crippen LogP contribution in [0, 0.1) is 5.92 Å². The van der Waals surface area contributed by atoms with Crippen LogP contribution in [0.3, 0.4) is 0 Å². The molecule has 0 aromatic carbocycles. The average Bonchev–Trinajstić information content (AvgIpc) is 2.39. The fourth-order valence-electron chi connectivity index (χ4n) is 2.16. The minimum absolute atomic E-state index is 0.136. The molecule has 1 aromatic heterocycles. The van der Waals surface area contributed by atoms with Gasteiger partial charge in [-0.15, -0.1) is 0 Å². The molecule has 5 heteroatoms. The van der Waals surface area contributed by atoms with Crippen LogP contribution in [0.2, 0.25) is 0 Å². The van der Waals surface area contributed by atoms with Crippen LogP contribution in [0.5, 0.6) is 0 Å². The molecule has 0 saturated carbocycles. The Kier molecular flexibility index (Phi) is 5.92. The van der Waals surface area contributed by atoms with Gasteiger partial charge in [0.25, 0.3) is 11.5 Å². The van der Waals surface area contributed by atoms with Gasteiger partial charge in [-0.05, 0) is 31.7 Å². The molecule has 0 spiro atoms. The summed E-state index contributed by atoms with van der Waals surface area (Å²) in [4.78, 5) is 25.7. The highest BCUT2D eigenvalue weighted by atomic mass is 16.2. The van der Waals surface area contributed by atoms with E-state index in [0.29, 0.717) is 18.2 Å². The van der Waals surface area contributed by atoms with Crippen LogP contribution in [-0.4, -0.2) is 33.7 Å². The van der Waals surface area contributed by atoms with Crippen molar-refractivity contribution in [2.75, 3.05) is 7.05 Å². The van der Waals surface area contributed by atoms with Crippen molar-refractivity contribution in [1.82, 2.24) is 14.7 Å². The summed E-state index contributed by atoms with van der Waals surface area (Å²) in [6.07, 6.45) is 1.75. The molecule has 0 aliphatic heterocycles. The SMILES string of the molecule is CCCn1nc(C(=O)N(C)[C@@H](C)CC(C)C)ccc1=O. The third-order valence-electron chi connectivity index (χ3n) is 3.32. The Morgan fingerprint density at radius 3 is 2.55 bits per heavy atom. The van der Waals surface area contributed by atoms with Crippen LogP contribution in [-0.2, 0) is 6.54 Å². The first-order valence-corrected chi connectivity index (χ1v) is 7.22. The fourth-order valence-corrected chi connectivity index (χ4v) is 2.16. The van der Waals surface area contributed by atoms with Crippen molar-refractivity contribution in [3.8, 4) is 0 Å². The summed E-state index contributed by atoms with van der Waals surface area (Å²) in [6, 6.07) is 3.07. The zero-order chi connectivity index (χ0) is 15.3. The van der Waals surface area contributed by atoms with E-state index in [4.69, 9.17) is 0 Å². The second-order valence-electron chi connectivity index (χ2n) is 5.67. The molecule has 1 rings (SSSR count). The monoisotopic (exact) mass is 279 g/mol. The Morgan fingerprint density at radius 2 is 2.00 bits per heavy atom. The van der Waals surface area contributed by atoms with E-state index in [1.807, 2.05) is 13.8 Å². The van der Waals surface area contributed by atoms with Crippen LogP contribution in [0.1, 0.15) is 51.0 Å². The maximum absolute atomic E-state index is 12.4. The zero-order valence-corrected chi connectivity index (χ0v) is 13.1. The molecule has 5 nitrogen and oxygen atoms in total. The van der Waals surface area contributed by atoms with Gasteiger partial charge in [0.2, 0.25) is 0 Å². The maximum atomic E-state index is 12.4. The molecule has 0 fully saturated rings. The van der Waals surface area contributed by atoms with Gasteiger partial charge in [-0.2, -0.15) is 5.10 Å². The lowest BCUT2D eigenvalue weighted by Crippen LogP contribution is -2.37. The third-order valence-corrected chi connectivity index (χ3v) is 3.32. The number of aromatic nitrogens is 2. The molecule has 0 N–H and O–H groups in total. The molecule has 0 saturated heterocycles. The zero-order valence-electron chi connectivity index (χ0n) is 13.1. The lowest BCUT2D eigenvalue weighted by atomic mass is 10.0. The highest BCUT2D eigenvalue weighted by Crippen LogP contribution is 2.11. The predicted molar refractivity (Wildman–Crippen MR) is 79.8 cm³/mol. The standard InChI is InChI=1S/C15H25N3O2/c1-6-9-18-14(19)8-7-13(16-18)15(20)17(5)12(4)10-11(2)3/h7-8,11-12H,6,9-10H2,1-5H3/t12-/m0/s1. The van der Waals surface area contributed by atoms with E-state index in [-0.39, 0.29) is 17.5 Å². The third kappa shape index (κ3) is 4.18. The molecule has 0 aliphatic carbocycles. The van der Waals surface area contributed by atoms with Crippen LogP contribution in [0.4, 0.5) is 0 Å². The predicted octanol–water partition coefficient (Wildman–Crippen LogP) is 2.16. The van der Waals surface area contributed by atoms with Gasteiger partial charge in [-0.25, -0.2) is 4.68 Å². The van der Waals surface area contributed by atoms with Crippen LogP contribution >= 0.6 is 0 Å². The summed E-state index contributed by atoms with van der Waals surface area (Å²) < 4.78 is 1.36. The second kappa shape index (κ2) is 7.22.